The highest BCUT2D eigenvalue weighted by Crippen LogP contribution is 2.23. The van der Waals surface area contributed by atoms with Crippen molar-refractivity contribution in [1.29, 1.82) is 0 Å². The van der Waals surface area contributed by atoms with Gasteiger partial charge in [0.15, 0.2) is 5.43 Å². The maximum absolute atomic E-state index is 13.1. The van der Waals surface area contributed by atoms with E-state index >= 15 is 0 Å². The molecule has 0 atom stereocenters. The number of aryl methyl sites for hydroxylation is 1. The van der Waals surface area contributed by atoms with Gasteiger partial charge in [0.25, 0.3) is 5.56 Å². The van der Waals surface area contributed by atoms with Crippen LogP contribution in [0.1, 0.15) is 16.8 Å². The summed E-state index contributed by atoms with van der Waals surface area (Å²) in [6.45, 7) is 1.85. The van der Waals surface area contributed by atoms with E-state index in [2.05, 4.69) is 15.1 Å². The lowest BCUT2D eigenvalue weighted by Gasteiger charge is -2.05. The number of nitrogens with one attached hydrogen (secondary N) is 2. The summed E-state index contributed by atoms with van der Waals surface area (Å²) in [5, 5.41) is 3.66. The van der Waals surface area contributed by atoms with Crippen molar-refractivity contribution in [1.82, 2.24) is 19.7 Å². The van der Waals surface area contributed by atoms with Crippen molar-refractivity contribution in [2.75, 3.05) is 0 Å². The van der Waals surface area contributed by atoms with Crippen molar-refractivity contribution in [3.05, 3.63) is 92.0 Å². The molecule has 28 heavy (non-hydrogen) atoms. The van der Waals surface area contributed by atoms with E-state index in [1.54, 1.807) is 0 Å². The molecule has 0 fully saturated rings. The van der Waals surface area contributed by atoms with Crippen LogP contribution in [-0.4, -0.2) is 19.7 Å². The average Bonchev–Trinajstić information content (AvgIpc) is 3.27. The lowest BCUT2D eigenvalue weighted by Crippen LogP contribution is -2.21. The number of nitrogens with zero attached hydrogens (tertiary/aromatic N) is 2. The second-order valence-corrected chi connectivity index (χ2v) is 7.70. The fourth-order valence-corrected chi connectivity index (χ4v) is 4.35. The van der Waals surface area contributed by atoms with E-state index in [9.17, 15) is 9.59 Å². The molecule has 3 heterocycles. The normalized spacial score (nSPS) is 11.5. The molecule has 7 heteroatoms. The van der Waals surface area contributed by atoms with Gasteiger partial charge >= 0.3 is 0 Å². The van der Waals surface area contributed by atoms with Gasteiger partial charge in [0.2, 0.25) is 5.13 Å². The Bertz CT molecular complexity index is 1410. The molecule has 6 nitrogen and oxygen atoms in total. The van der Waals surface area contributed by atoms with E-state index in [1.807, 2.05) is 61.5 Å². The number of aromatic nitrogens is 4. The van der Waals surface area contributed by atoms with Crippen LogP contribution >= 0.6 is 11.3 Å². The van der Waals surface area contributed by atoms with Crippen LogP contribution in [0.2, 0.25) is 0 Å². The van der Waals surface area contributed by atoms with Gasteiger partial charge in [-0.25, -0.2) is 4.98 Å². The number of fused-ring (bicyclic) bond motifs is 2. The summed E-state index contributed by atoms with van der Waals surface area (Å²) in [6.07, 6.45) is 0.476. The Balaban J connectivity index is 1.70. The molecule has 5 aromatic rings. The first-order valence-corrected chi connectivity index (χ1v) is 9.70. The van der Waals surface area contributed by atoms with Crippen molar-refractivity contribution >= 4 is 32.6 Å². The third-order valence-electron chi connectivity index (χ3n) is 4.85. The predicted molar refractivity (Wildman–Crippen MR) is 112 cm³/mol. The van der Waals surface area contributed by atoms with Gasteiger partial charge in [-0.2, -0.15) is 4.68 Å². The molecule has 138 valence electrons. The molecular weight excluding hydrogens is 372 g/mol. The Hall–Kier alpha value is -3.45. The summed E-state index contributed by atoms with van der Waals surface area (Å²) >= 11 is 1.40. The van der Waals surface area contributed by atoms with Gasteiger partial charge in [-0.3, -0.25) is 14.7 Å². The zero-order chi connectivity index (χ0) is 19.3. The number of thiazole rings is 1. The lowest BCUT2D eigenvalue weighted by atomic mass is 10.0. The highest BCUT2D eigenvalue weighted by molar-refractivity contribution is 7.20. The van der Waals surface area contributed by atoms with Crippen molar-refractivity contribution in [2.45, 2.75) is 13.3 Å². The molecule has 5 rings (SSSR count). The second kappa shape index (κ2) is 6.31. The van der Waals surface area contributed by atoms with Crippen LogP contribution in [0.15, 0.2) is 64.2 Å². The van der Waals surface area contributed by atoms with E-state index in [0.717, 1.165) is 21.5 Å². The van der Waals surface area contributed by atoms with Crippen LogP contribution in [-0.2, 0) is 6.42 Å². The third-order valence-corrected chi connectivity index (χ3v) is 5.88. The molecule has 0 saturated heterocycles. The Kier molecular flexibility index (Phi) is 3.77. The first-order chi connectivity index (χ1) is 13.6. The minimum atomic E-state index is -0.385. The summed E-state index contributed by atoms with van der Waals surface area (Å²) in [7, 11) is 0. The van der Waals surface area contributed by atoms with Gasteiger partial charge in [-0.1, -0.05) is 53.8 Å². The predicted octanol–water partition coefficient (Wildman–Crippen LogP) is 3.52. The second-order valence-electron chi connectivity index (χ2n) is 6.69. The Morgan fingerprint density at radius 2 is 1.79 bits per heavy atom. The van der Waals surface area contributed by atoms with Crippen molar-refractivity contribution in [3.63, 3.8) is 0 Å². The number of para-hydroxylation sites is 1. The molecule has 0 aliphatic heterocycles. The van der Waals surface area contributed by atoms with Crippen LogP contribution in [0.4, 0.5) is 0 Å². The van der Waals surface area contributed by atoms with Crippen molar-refractivity contribution in [3.8, 4) is 5.13 Å². The first-order valence-electron chi connectivity index (χ1n) is 8.88. The number of aromatic amines is 2. The summed E-state index contributed by atoms with van der Waals surface area (Å²) < 4.78 is 2.33. The molecule has 2 aromatic carbocycles. The highest BCUT2D eigenvalue weighted by atomic mass is 32.1. The van der Waals surface area contributed by atoms with Gasteiger partial charge in [0.05, 0.1) is 10.2 Å². The van der Waals surface area contributed by atoms with Gasteiger partial charge in [0, 0.05) is 17.7 Å². The number of pyridine rings is 1. The molecule has 0 saturated carbocycles. The standard InChI is InChI=1S/C21H16N4O2S/c1-12-14(11-13-7-3-2-4-8-13)18(26)17-19(22-12)24-25(20(17)27)21-23-15-9-5-6-10-16(15)28-21/h2-10H,11H2,1H3,(H2,22,24,26). The van der Waals surface area contributed by atoms with E-state index in [-0.39, 0.29) is 16.4 Å². The van der Waals surface area contributed by atoms with Gasteiger partial charge in [-0.05, 0) is 24.6 Å². The molecule has 0 aliphatic rings. The van der Waals surface area contributed by atoms with Crippen LogP contribution in [0, 0.1) is 6.92 Å². The molecule has 0 spiro atoms. The SMILES string of the molecule is Cc1[nH]c2[nH]n(-c3nc4ccccc4s3)c(=O)c2c(=O)c1Cc1ccccc1. The summed E-state index contributed by atoms with van der Waals surface area (Å²) in [5.41, 5.74) is 2.99. The van der Waals surface area contributed by atoms with Crippen molar-refractivity contribution < 1.29 is 0 Å². The monoisotopic (exact) mass is 388 g/mol. The quantitative estimate of drug-likeness (QED) is 0.496. The molecule has 0 bridgehead atoms. The minimum absolute atomic E-state index is 0.135. The average molecular weight is 388 g/mol. The fourth-order valence-electron chi connectivity index (χ4n) is 3.43. The molecule has 0 unspecified atom stereocenters. The molecule has 3 aromatic heterocycles. The summed E-state index contributed by atoms with van der Waals surface area (Å²) in [6, 6.07) is 17.4. The number of hydrogen-bond donors (Lipinski definition) is 2. The van der Waals surface area contributed by atoms with Crippen molar-refractivity contribution in [2.24, 2.45) is 0 Å². The van der Waals surface area contributed by atoms with Gasteiger partial charge < -0.3 is 4.98 Å². The molecule has 0 radical (unpaired) electrons. The third kappa shape index (κ3) is 2.59. The molecule has 0 amide bonds. The van der Waals surface area contributed by atoms with Gasteiger partial charge in [0.1, 0.15) is 11.0 Å². The van der Waals surface area contributed by atoms with Gasteiger partial charge in [-0.15, -0.1) is 0 Å². The highest BCUT2D eigenvalue weighted by Gasteiger charge is 2.18. The summed E-state index contributed by atoms with van der Waals surface area (Å²) in [5.74, 6) is 0. The number of benzene rings is 2. The fraction of sp³-hybridized carbons (Fsp3) is 0.0952. The number of rotatable bonds is 3. The molecule has 2 N–H and O–H groups in total. The number of H-pyrrole nitrogens is 2. The lowest BCUT2D eigenvalue weighted by molar-refractivity contribution is 0.850. The van der Waals surface area contributed by atoms with Crippen LogP contribution < -0.4 is 11.0 Å². The van der Waals surface area contributed by atoms with Crippen LogP contribution in [0.25, 0.3) is 26.4 Å². The minimum Gasteiger partial charge on any atom is -0.343 e. The maximum Gasteiger partial charge on any atom is 0.286 e. The Labute approximate surface area is 163 Å². The zero-order valence-electron chi connectivity index (χ0n) is 15.0. The Morgan fingerprint density at radius 1 is 1.04 bits per heavy atom. The van der Waals surface area contributed by atoms with E-state index in [4.69, 9.17) is 0 Å². The first kappa shape index (κ1) is 16.7. The molecule has 0 aliphatic carbocycles. The maximum atomic E-state index is 13.1. The largest absolute Gasteiger partial charge is 0.343 e. The number of hydrogen-bond acceptors (Lipinski definition) is 4. The van der Waals surface area contributed by atoms with E-state index in [0.29, 0.717) is 22.8 Å². The Morgan fingerprint density at radius 3 is 2.57 bits per heavy atom. The smallest absolute Gasteiger partial charge is 0.286 e. The van der Waals surface area contributed by atoms with E-state index in [1.165, 1.54) is 16.0 Å². The zero-order valence-corrected chi connectivity index (χ0v) is 15.8. The topological polar surface area (TPSA) is 83.5 Å². The molecular formula is C21H16N4O2S. The van der Waals surface area contributed by atoms with E-state index < -0.39 is 0 Å². The van der Waals surface area contributed by atoms with Crippen LogP contribution in [0.3, 0.4) is 0 Å². The van der Waals surface area contributed by atoms with Crippen LogP contribution in [0.5, 0.6) is 0 Å². The summed E-state index contributed by atoms with van der Waals surface area (Å²) in [4.78, 5) is 33.8.